The largest absolute Gasteiger partial charge is 0.361 e. The molecule has 2 aromatic carbocycles. The molecule has 0 saturated carbocycles. The summed E-state index contributed by atoms with van der Waals surface area (Å²) < 4.78 is 0. The van der Waals surface area contributed by atoms with Gasteiger partial charge in [-0.25, -0.2) is 0 Å². The van der Waals surface area contributed by atoms with E-state index in [9.17, 15) is 0 Å². The van der Waals surface area contributed by atoms with Crippen LogP contribution in [0.1, 0.15) is 34.7 Å². The average molecular weight is 325 g/mol. The number of aromatic amines is 1. The van der Waals surface area contributed by atoms with Gasteiger partial charge in [0.25, 0.3) is 0 Å². The topological polar surface area (TPSA) is 15.8 Å². The molecule has 1 aromatic heterocycles. The first kappa shape index (κ1) is 15.7. The van der Waals surface area contributed by atoms with Crippen LogP contribution in [-0.2, 0) is 6.42 Å². The van der Waals surface area contributed by atoms with Gasteiger partial charge < -0.3 is 4.98 Å². The minimum Gasteiger partial charge on any atom is -0.361 e. The zero-order chi connectivity index (χ0) is 17.4. The third-order valence-corrected chi connectivity index (χ3v) is 5.30. The molecule has 0 spiro atoms. The lowest BCUT2D eigenvalue weighted by Crippen LogP contribution is -1.99. The number of benzene rings is 2. The van der Waals surface area contributed by atoms with E-state index in [1.807, 2.05) is 6.20 Å². The normalized spacial score (nSPS) is 12.9. The number of nitrogens with one attached hydrogen (secondary N) is 1. The van der Waals surface area contributed by atoms with Gasteiger partial charge in [0.2, 0.25) is 0 Å². The highest BCUT2D eigenvalue weighted by molar-refractivity contribution is 5.92. The van der Waals surface area contributed by atoms with Crippen molar-refractivity contribution in [3.8, 4) is 22.4 Å². The maximum Gasteiger partial charge on any atom is 0.0459 e. The predicted octanol–water partition coefficient (Wildman–Crippen LogP) is 6.46. The van der Waals surface area contributed by atoms with E-state index in [2.05, 4.69) is 86.5 Å². The molecular weight excluding hydrogens is 302 g/mol. The predicted molar refractivity (Wildman–Crippen MR) is 108 cm³/mol. The molecule has 1 aliphatic rings. The van der Waals surface area contributed by atoms with Crippen molar-refractivity contribution < 1.29 is 0 Å². The van der Waals surface area contributed by atoms with Crippen molar-refractivity contribution in [1.82, 2.24) is 4.98 Å². The maximum absolute atomic E-state index is 3.42. The zero-order valence-electron chi connectivity index (χ0n) is 15.1. The fourth-order valence-electron chi connectivity index (χ4n) is 4.01. The number of hydrogen-bond donors (Lipinski definition) is 1. The number of rotatable bonds is 3. The highest BCUT2D eigenvalue weighted by Gasteiger charge is 2.27. The molecule has 0 saturated heterocycles. The second-order valence-electron chi connectivity index (χ2n) is 6.69. The van der Waals surface area contributed by atoms with Crippen molar-refractivity contribution in [2.75, 3.05) is 0 Å². The fraction of sp³-hybridized carbons (Fsp3) is 0.167. The lowest BCUT2D eigenvalue weighted by molar-refractivity contribution is 1.21. The highest BCUT2D eigenvalue weighted by atomic mass is 14.7. The summed E-state index contributed by atoms with van der Waals surface area (Å²) in [5, 5.41) is 0. The Bertz CT molecular complexity index is 985. The van der Waals surface area contributed by atoms with Gasteiger partial charge in [-0.1, -0.05) is 48.6 Å². The molecule has 0 bridgehead atoms. The third kappa shape index (κ3) is 2.47. The van der Waals surface area contributed by atoms with Crippen LogP contribution in [0.2, 0.25) is 0 Å². The summed E-state index contributed by atoms with van der Waals surface area (Å²) in [5.41, 5.74) is 12.3. The van der Waals surface area contributed by atoms with Gasteiger partial charge in [0.05, 0.1) is 0 Å². The smallest absolute Gasteiger partial charge is 0.0459 e. The van der Waals surface area contributed by atoms with Crippen LogP contribution < -0.4 is 0 Å². The van der Waals surface area contributed by atoms with Crippen LogP contribution in [0.4, 0.5) is 0 Å². The van der Waals surface area contributed by atoms with Gasteiger partial charge in [0.15, 0.2) is 0 Å². The van der Waals surface area contributed by atoms with Crippen LogP contribution in [0.25, 0.3) is 28.5 Å². The minimum atomic E-state index is 1.01. The van der Waals surface area contributed by atoms with Crippen LogP contribution in [0.15, 0.2) is 60.8 Å². The summed E-state index contributed by atoms with van der Waals surface area (Å²) >= 11 is 0. The second kappa shape index (κ2) is 6.25. The number of allylic oxidation sites excluding steroid dienone is 3. The maximum atomic E-state index is 3.42. The first-order valence-electron chi connectivity index (χ1n) is 8.89. The van der Waals surface area contributed by atoms with E-state index in [-0.39, 0.29) is 0 Å². The summed E-state index contributed by atoms with van der Waals surface area (Å²) in [5.74, 6) is 0. The summed E-state index contributed by atoms with van der Waals surface area (Å²) in [6.07, 6.45) is 11.6. The molecular formula is C24H23N. The molecule has 0 amide bonds. The summed E-state index contributed by atoms with van der Waals surface area (Å²) in [4.78, 5) is 3.42. The van der Waals surface area contributed by atoms with Gasteiger partial charge >= 0.3 is 0 Å². The molecule has 1 heterocycles. The van der Waals surface area contributed by atoms with E-state index in [4.69, 9.17) is 0 Å². The quantitative estimate of drug-likeness (QED) is 0.416. The van der Waals surface area contributed by atoms with Crippen LogP contribution in [0, 0.1) is 13.8 Å². The number of hydrogen-bond acceptors (Lipinski definition) is 0. The molecule has 124 valence electrons. The van der Waals surface area contributed by atoms with Gasteiger partial charge in [-0.3, -0.25) is 0 Å². The first-order chi connectivity index (χ1) is 12.2. The van der Waals surface area contributed by atoms with Crippen molar-refractivity contribution in [3.63, 3.8) is 0 Å². The summed E-state index contributed by atoms with van der Waals surface area (Å²) in [6.45, 7) is 6.55. The Balaban J connectivity index is 2.06. The van der Waals surface area contributed by atoms with Crippen molar-refractivity contribution in [3.05, 3.63) is 88.6 Å². The number of fused-ring (bicyclic) bond motifs is 3. The fourth-order valence-corrected chi connectivity index (χ4v) is 4.01. The highest BCUT2D eigenvalue weighted by Crippen LogP contribution is 2.46. The van der Waals surface area contributed by atoms with E-state index in [1.165, 1.54) is 50.2 Å². The van der Waals surface area contributed by atoms with Crippen molar-refractivity contribution in [2.24, 2.45) is 0 Å². The van der Waals surface area contributed by atoms with Crippen molar-refractivity contribution in [2.45, 2.75) is 27.2 Å². The molecule has 0 atom stereocenters. The molecule has 1 N–H and O–H groups in total. The molecule has 1 nitrogen and oxygen atoms in total. The van der Waals surface area contributed by atoms with E-state index >= 15 is 0 Å². The molecule has 1 heteroatoms. The van der Waals surface area contributed by atoms with Gasteiger partial charge in [-0.15, -0.1) is 0 Å². The van der Waals surface area contributed by atoms with E-state index < -0.39 is 0 Å². The molecule has 3 aromatic rings. The summed E-state index contributed by atoms with van der Waals surface area (Å²) in [6, 6.07) is 13.1. The Morgan fingerprint density at radius 2 is 1.76 bits per heavy atom. The Kier molecular flexibility index (Phi) is 3.93. The van der Waals surface area contributed by atoms with Gasteiger partial charge in [-0.2, -0.15) is 0 Å². The van der Waals surface area contributed by atoms with Crippen LogP contribution in [0.3, 0.4) is 0 Å². The average Bonchev–Trinajstić information content (AvgIpc) is 3.26. The molecule has 0 aliphatic heterocycles. The van der Waals surface area contributed by atoms with Crippen molar-refractivity contribution in [1.29, 1.82) is 0 Å². The molecule has 0 radical (unpaired) electrons. The molecule has 1 aliphatic carbocycles. The summed E-state index contributed by atoms with van der Waals surface area (Å²) in [7, 11) is 0. The second-order valence-corrected chi connectivity index (χ2v) is 6.69. The zero-order valence-corrected chi connectivity index (χ0v) is 15.1. The molecule has 4 rings (SSSR count). The van der Waals surface area contributed by atoms with E-state index in [1.54, 1.807) is 0 Å². The first-order valence-corrected chi connectivity index (χ1v) is 8.89. The van der Waals surface area contributed by atoms with E-state index in [0.717, 1.165) is 6.42 Å². The lowest BCUT2D eigenvalue weighted by Gasteiger charge is -2.18. The number of aromatic nitrogens is 1. The SMILES string of the molecule is CC=CC=Cc1c(C)c(C)c(-c2ccc[nH]2)c2c1-c1ccccc1C2. The van der Waals surface area contributed by atoms with Crippen molar-refractivity contribution >= 4 is 6.08 Å². The molecule has 0 fully saturated rings. The Morgan fingerprint density at radius 1 is 0.920 bits per heavy atom. The Hall–Kier alpha value is -2.80. The van der Waals surface area contributed by atoms with Crippen LogP contribution in [-0.4, -0.2) is 4.98 Å². The van der Waals surface area contributed by atoms with Gasteiger partial charge in [0, 0.05) is 17.5 Å². The Morgan fingerprint density at radius 3 is 2.52 bits per heavy atom. The van der Waals surface area contributed by atoms with Gasteiger partial charge in [-0.05, 0) is 78.3 Å². The van der Waals surface area contributed by atoms with E-state index in [0.29, 0.717) is 0 Å². The standard InChI is InChI=1S/C24H23N/c1-4-5-6-11-19-16(2)17(3)23(22-13-9-14-25-22)21-15-18-10-7-8-12-20(18)24(19)21/h4-14,25H,15H2,1-3H3. The van der Waals surface area contributed by atoms with Gasteiger partial charge in [0.1, 0.15) is 0 Å². The molecule has 0 unspecified atom stereocenters. The minimum absolute atomic E-state index is 1.01. The Labute approximate surface area is 149 Å². The number of H-pyrrole nitrogens is 1. The monoisotopic (exact) mass is 325 g/mol. The lowest BCUT2D eigenvalue weighted by atomic mass is 9.86. The third-order valence-electron chi connectivity index (χ3n) is 5.30. The van der Waals surface area contributed by atoms with Crippen LogP contribution >= 0.6 is 0 Å². The molecule has 25 heavy (non-hydrogen) atoms. The van der Waals surface area contributed by atoms with Crippen LogP contribution in [0.5, 0.6) is 0 Å².